The van der Waals surface area contributed by atoms with Crippen molar-refractivity contribution in [3.05, 3.63) is 58.6 Å². The molecular weight excluding hydrogens is 318 g/mol. The van der Waals surface area contributed by atoms with Crippen LogP contribution in [0.1, 0.15) is 45.2 Å². The van der Waals surface area contributed by atoms with E-state index in [0.29, 0.717) is 6.61 Å². The van der Waals surface area contributed by atoms with Crippen molar-refractivity contribution < 1.29 is 4.74 Å². The van der Waals surface area contributed by atoms with Crippen LogP contribution in [0.25, 0.3) is 0 Å². The van der Waals surface area contributed by atoms with Gasteiger partial charge in [-0.05, 0) is 54.8 Å². The van der Waals surface area contributed by atoms with Gasteiger partial charge >= 0.3 is 0 Å². The summed E-state index contributed by atoms with van der Waals surface area (Å²) in [5.74, 6) is 0.948. The highest BCUT2D eigenvalue weighted by Gasteiger charge is 2.20. The van der Waals surface area contributed by atoms with Crippen molar-refractivity contribution in [1.82, 2.24) is 0 Å². The summed E-state index contributed by atoms with van der Waals surface area (Å²) in [6.45, 7) is 10.3. The van der Waals surface area contributed by atoms with E-state index < -0.39 is 0 Å². The Balaban J connectivity index is 2.13. The maximum absolute atomic E-state index is 6.00. The number of halogens is 1. The zero-order chi connectivity index (χ0) is 17.6. The minimum atomic E-state index is 0.0205. The molecule has 0 aromatic heterocycles. The van der Waals surface area contributed by atoms with Gasteiger partial charge < -0.3 is 10.1 Å². The third kappa shape index (κ3) is 4.91. The molecule has 0 aliphatic rings. The summed E-state index contributed by atoms with van der Waals surface area (Å²) >= 11 is 6.00. The van der Waals surface area contributed by atoms with Crippen molar-refractivity contribution >= 4 is 17.3 Å². The van der Waals surface area contributed by atoms with Crippen LogP contribution in [0.15, 0.2) is 42.5 Å². The molecule has 0 saturated carbocycles. The molecule has 0 amide bonds. The van der Waals surface area contributed by atoms with Crippen molar-refractivity contribution in [2.24, 2.45) is 0 Å². The molecule has 1 N–H and O–H groups in total. The largest absolute Gasteiger partial charge is 0.494 e. The molecule has 3 heteroatoms. The Morgan fingerprint density at radius 1 is 1.04 bits per heavy atom. The van der Waals surface area contributed by atoms with E-state index in [4.69, 9.17) is 16.3 Å². The van der Waals surface area contributed by atoms with Gasteiger partial charge in [-0.15, -0.1) is 0 Å². The average molecular weight is 346 g/mol. The van der Waals surface area contributed by atoms with Crippen molar-refractivity contribution in [1.29, 1.82) is 0 Å². The number of nitrogens with one attached hydrogen (secondary N) is 1. The molecule has 0 saturated heterocycles. The van der Waals surface area contributed by atoms with E-state index in [1.165, 1.54) is 16.8 Å². The molecule has 24 heavy (non-hydrogen) atoms. The van der Waals surface area contributed by atoms with Gasteiger partial charge in [-0.2, -0.15) is 0 Å². The molecule has 0 aliphatic heterocycles. The molecule has 0 fully saturated rings. The molecule has 130 valence electrons. The third-order valence-electron chi connectivity index (χ3n) is 4.25. The quantitative estimate of drug-likeness (QED) is 0.625. The van der Waals surface area contributed by atoms with Crippen molar-refractivity contribution in [2.45, 2.75) is 46.0 Å². The molecule has 2 nitrogen and oxygen atoms in total. The predicted octanol–water partition coefficient (Wildman–Crippen LogP) is 6.08. The van der Waals surface area contributed by atoms with E-state index in [2.05, 4.69) is 50.4 Å². The Labute approximate surface area is 151 Å². The fraction of sp³-hybridized carbons (Fsp3) is 0.429. The standard InChI is InChI=1S/C21H28ClNO/c1-5-7-16-14-19(24-6-2)12-13-20(16)23-15-21(3,4)17-8-10-18(22)11-9-17/h8-14,23H,5-7,15H2,1-4H3. The lowest BCUT2D eigenvalue weighted by molar-refractivity contribution is 0.340. The minimum absolute atomic E-state index is 0.0205. The van der Waals surface area contributed by atoms with Gasteiger partial charge in [-0.25, -0.2) is 0 Å². The van der Waals surface area contributed by atoms with E-state index in [0.717, 1.165) is 30.2 Å². The maximum Gasteiger partial charge on any atom is 0.119 e. The molecule has 0 radical (unpaired) electrons. The Kier molecular flexibility index (Phi) is 6.56. The number of hydrogen-bond acceptors (Lipinski definition) is 2. The topological polar surface area (TPSA) is 21.3 Å². The molecule has 0 unspecified atom stereocenters. The number of rotatable bonds is 8. The number of benzene rings is 2. The zero-order valence-electron chi connectivity index (χ0n) is 15.2. The summed E-state index contributed by atoms with van der Waals surface area (Å²) in [6.07, 6.45) is 2.16. The molecule has 2 aromatic rings. The van der Waals surface area contributed by atoms with Crippen LogP contribution in [0.3, 0.4) is 0 Å². The Morgan fingerprint density at radius 3 is 2.38 bits per heavy atom. The van der Waals surface area contributed by atoms with Gasteiger partial charge in [0.25, 0.3) is 0 Å². The number of anilines is 1. The lowest BCUT2D eigenvalue weighted by Crippen LogP contribution is -2.27. The first-order chi connectivity index (χ1) is 11.5. The smallest absolute Gasteiger partial charge is 0.119 e. The first kappa shape index (κ1) is 18.7. The SMILES string of the molecule is CCCc1cc(OCC)ccc1NCC(C)(C)c1ccc(Cl)cc1. The fourth-order valence-corrected chi connectivity index (χ4v) is 2.92. The van der Waals surface area contributed by atoms with Crippen LogP contribution in [0, 0.1) is 0 Å². The normalized spacial score (nSPS) is 11.4. The summed E-state index contributed by atoms with van der Waals surface area (Å²) in [7, 11) is 0. The van der Waals surface area contributed by atoms with E-state index in [1.54, 1.807) is 0 Å². The predicted molar refractivity (Wildman–Crippen MR) is 105 cm³/mol. The van der Waals surface area contributed by atoms with Crippen LogP contribution in [0.4, 0.5) is 5.69 Å². The second-order valence-corrected chi connectivity index (χ2v) is 7.18. The Bertz CT molecular complexity index is 649. The molecule has 0 aliphatic carbocycles. The average Bonchev–Trinajstić information content (AvgIpc) is 2.55. The summed E-state index contributed by atoms with van der Waals surface area (Å²) in [5, 5.41) is 4.41. The van der Waals surface area contributed by atoms with Crippen LogP contribution < -0.4 is 10.1 Å². The third-order valence-corrected chi connectivity index (χ3v) is 4.51. The Hall–Kier alpha value is -1.67. The summed E-state index contributed by atoms with van der Waals surface area (Å²) in [6, 6.07) is 14.5. The van der Waals surface area contributed by atoms with Crippen molar-refractivity contribution in [2.75, 3.05) is 18.5 Å². The van der Waals surface area contributed by atoms with Gasteiger partial charge in [-0.3, -0.25) is 0 Å². The highest BCUT2D eigenvalue weighted by Crippen LogP contribution is 2.28. The minimum Gasteiger partial charge on any atom is -0.494 e. The van der Waals surface area contributed by atoms with Crippen molar-refractivity contribution in [3.8, 4) is 5.75 Å². The molecule has 2 aromatic carbocycles. The highest BCUT2D eigenvalue weighted by molar-refractivity contribution is 6.30. The molecule has 0 heterocycles. The monoisotopic (exact) mass is 345 g/mol. The van der Waals surface area contributed by atoms with Crippen LogP contribution in [0.5, 0.6) is 5.75 Å². The highest BCUT2D eigenvalue weighted by atomic mass is 35.5. The summed E-state index contributed by atoms with van der Waals surface area (Å²) in [4.78, 5) is 0. The van der Waals surface area contributed by atoms with Gasteiger partial charge in [0.05, 0.1) is 6.61 Å². The number of aryl methyl sites for hydroxylation is 1. The zero-order valence-corrected chi connectivity index (χ0v) is 15.9. The Morgan fingerprint density at radius 2 is 1.75 bits per heavy atom. The van der Waals surface area contributed by atoms with Crippen molar-refractivity contribution in [3.63, 3.8) is 0 Å². The fourth-order valence-electron chi connectivity index (χ4n) is 2.79. The lowest BCUT2D eigenvalue weighted by atomic mass is 9.84. The van der Waals surface area contributed by atoms with E-state index in [-0.39, 0.29) is 5.41 Å². The molecule has 0 atom stereocenters. The van der Waals surface area contributed by atoms with Crippen LogP contribution in [0.2, 0.25) is 5.02 Å². The van der Waals surface area contributed by atoms with E-state index in [1.807, 2.05) is 25.1 Å². The molecule has 0 spiro atoms. The van der Waals surface area contributed by atoms with Gasteiger partial charge in [-0.1, -0.05) is 50.9 Å². The molecule has 0 bridgehead atoms. The summed E-state index contributed by atoms with van der Waals surface area (Å²) < 4.78 is 5.63. The first-order valence-electron chi connectivity index (χ1n) is 8.72. The van der Waals surface area contributed by atoms with Crippen LogP contribution in [-0.2, 0) is 11.8 Å². The van der Waals surface area contributed by atoms with Crippen LogP contribution in [-0.4, -0.2) is 13.2 Å². The van der Waals surface area contributed by atoms with Gasteiger partial charge in [0.15, 0.2) is 0 Å². The van der Waals surface area contributed by atoms with Crippen LogP contribution >= 0.6 is 11.6 Å². The molecular formula is C21H28ClNO. The summed E-state index contributed by atoms with van der Waals surface area (Å²) in [5.41, 5.74) is 3.81. The second-order valence-electron chi connectivity index (χ2n) is 6.75. The molecule has 2 rings (SSSR count). The second kappa shape index (κ2) is 8.43. The van der Waals surface area contributed by atoms with E-state index in [9.17, 15) is 0 Å². The van der Waals surface area contributed by atoms with Gasteiger partial charge in [0.2, 0.25) is 0 Å². The van der Waals surface area contributed by atoms with Gasteiger partial charge in [0.1, 0.15) is 5.75 Å². The lowest BCUT2D eigenvalue weighted by Gasteiger charge is -2.27. The number of hydrogen-bond donors (Lipinski definition) is 1. The van der Waals surface area contributed by atoms with E-state index >= 15 is 0 Å². The first-order valence-corrected chi connectivity index (χ1v) is 9.09. The number of ether oxygens (including phenoxy) is 1. The maximum atomic E-state index is 6.00. The van der Waals surface area contributed by atoms with Gasteiger partial charge in [0, 0.05) is 22.7 Å².